The van der Waals surface area contributed by atoms with E-state index >= 15 is 0 Å². The molecule has 2 aromatic rings. The van der Waals surface area contributed by atoms with Gasteiger partial charge >= 0.3 is 0 Å². The standard InChI is InChI=1S/C21H26N2O2/c1-15-3-8-20(22-11-15)21(24)10-9-17-13-23(14-19(17)21)12-16-4-6-18(25-2)7-5-16/h3-8,11,17,19,24H,9-10,12-14H2,1-2H3/t17-,19+,21-/m0/s1. The second-order valence-electron chi connectivity index (χ2n) is 7.59. The fourth-order valence-electron chi connectivity index (χ4n) is 4.55. The highest BCUT2D eigenvalue weighted by Gasteiger charge is 2.52. The first-order valence-corrected chi connectivity index (χ1v) is 9.09. The summed E-state index contributed by atoms with van der Waals surface area (Å²) >= 11 is 0. The average molecular weight is 338 g/mol. The number of benzene rings is 1. The van der Waals surface area contributed by atoms with E-state index in [1.165, 1.54) is 5.56 Å². The summed E-state index contributed by atoms with van der Waals surface area (Å²) in [5.41, 5.74) is 2.50. The van der Waals surface area contributed by atoms with E-state index in [1.807, 2.05) is 31.3 Å². The van der Waals surface area contributed by atoms with Crippen molar-refractivity contribution >= 4 is 0 Å². The molecule has 0 spiro atoms. The van der Waals surface area contributed by atoms with Crippen LogP contribution in [0.3, 0.4) is 0 Å². The van der Waals surface area contributed by atoms with Gasteiger partial charge in [0.05, 0.1) is 12.8 Å². The van der Waals surface area contributed by atoms with Crippen molar-refractivity contribution < 1.29 is 9.84 Å². The minimum absolute atomic E-state index is 0.279. The molecule has 1 saturated heterocycles. The Hall–Kier alpha value is -1.91. The van der Waals surface area contributed by atoms with E-state index in [1.54, 1.807) is 7.11 Å². The summed E-state index contributed by atoms with van der Waals surface area (Å²) in [5.74, 6) is 1.73. The van der Waals surface area contributed by atoms with E-state index in [0.717, 1.165) is 49.5 Å². The van der Waals surface area contributed by atoms with Crippen LogP contribution in [-0.4, -0.2) is 35.2 Å². The smallest absolute Gasteiger partial charge is 0.118 e. The molecule has 0 unspecified atom stereocenters. The van der Waals surface area contributed by atoms with Gasteiger partial charge in [0.1, 0.15) is 11.4 Å². The number of aliphatic hydroxyl groups is 1. The molecule has 0 bridgehead atoms. The summed E-state index contributed by atoms with van der Waals surface area (Å²) in [7, 11) is 1.69. The van der Waals surface area contributed by atoms with Crippen molar-refractivity contribution in [2.45, 2.75) is 31.9 Å². The third-order valence-corrected chi connectivity index (χ3v) is 5.95. The maximum atomic E-state index is 11.4. The molecule has 2 aliphatic rings. The first-order chi connectivity index (χ1) is 12.1. The Balaban J connectivity index is 1.48. The summed E-state index contributed by atoms with van der Waals surface area (Å²) < 4.78 is 5.23. The number of aryl methyl sites for hydroxylation is 1. The lowest BCUT2D eigenvalue weighted by molar-refractivity contribution is -0.0108. The lowest BCUT2D eigenvalue weighted by Crippen LogP contribution is -2.35. The first kappa shape index (κ1) is 16.6. The zero-order chi connectivity index (χ0) is 17.4. The zero-order valence-corrected chi connectivity index (χ0v) is 15.0. The largest absolute Gasteiger partial charge is 0.497 e. The third kappa shape index (κ3) is 3.05. The van der Waals surface area contributed by atoms with Gasteiger partial charge in [-0.3, -0.25) is 9.88 Å². The topological polar surface area (TPSA) is 45.6 Å². The van der Waals surface area contributed by atoms with Gasteiger partial charge < -0.3 is 9.84 Å². The van der Waals surface area contributed by atoms with Crippen molar-refractivity contribution in [2.24, 2.45) is 11.8 Å². The van der Waals surface area contributed by atoms with Crippen LogP contribution < -0.4 is 4.74 Å². The minimum Gasteiger partial charge on any atom is -0.497 e. The van der Waals surface area contributed by atoms with E-state index in [9.17, 15) is 5.11 Å². The maximum Gasteiger partial charge on any atom is 0.118 e. The number of nitrogens with zero attached hydrogens (tertiary/aromatic N) is 2. The second-order valence-corrected chi connectivity index (χ2v) is 7.59. The highest BCUT2D eigenvalue weighted by molar-refractivity contribution is 5.27. The first-order valence-electron chi connectivity index (χ1n) is 9.09. The van der Waals surface area contributed by atoms with Gasteiger partial charge in [0.2, 0.25) is 0 Å². The lowest BCUT2D eigenvalue weighted by Gasteiger charge is -2.30. The molecule has 132 valence electrons. The molecule has 25 heavy (non-hydrogen) atoms. The summed E-state index contributed by atoms with van der Waals surface area (Å²) in [5, 5.41) is 11.4. The van der Waals surface area contributed by atoms with Gasteiger partial charge in [0.15, 0.2) is 0 Å². The van der Waals surface area contributed by atoms with Gasteiger partial charge in [0, 0.05) is 31.7 Å². The molecule has 2 fully saturated rings. The minimum atomic E-state index is -0.771. The Morgan fingerprint density at radius 2 is 2.00 bits per heavy atom. The van der Waals surface area contributed by atoms with E-state index in [4.69, 9.17) is 4.74 Å². The molecule has 1 aromatic carbocycles. The molecule has 2 heterocycles. The van der Waals surface area contributed by atoms with E-state index < -0.39 is 5.60 Å². The van der Waals surface area contributed by atoms with Crippen molar-refractivity contribution in [1.29, 1.82) is 0 Å². The van der Waals surface area contributed by atoms with E-state index in [2.05, 4.69) is 28.1 Å². The Bertz CT molecular complexity index is 729. The average Bonchev–Trinajstić information content (AvgIpc) is 3.17. The zero-order valence-electron chi connectivity index (χ0n) is 15.0. The van der Waals surface area contributed by atoms with Gasteiger partial charge in [-0.2, -0.15) is 0 Å². The Labute approximate surface area is 149 Å². The molecule has 0 amide bonds. The molecule has 1 aliphatic heterocycles. The van der Waals surface area contributed by atoms with Crippen LogP contribution >= 0.6 is 0 Å². The molecular weight excluding hydrogens is 312 g/mol. The predicted molar refractivity (Wildman–Crippen MR) is 97.4 cm³/mol. The van der Waals surface area contributed by atoms with Gasteiger partial charge in [-0.1, -0.05) is 18.2 Å². The van der Waals surface area contributed by atoms with Crippen LogP contribution in [0.2, 0.25) is 0 Å². The quantitative estimate of drug-likeness (QED) is 0.930. The number of hydrogen-bond acceptors (Lipinski definition) is 4. The Morgan fingerprint density at radius 1 is 1.20 bits per heavy atom. The van der Waals surface area contributed by atoms with Crippen LogP contribution in [0.5, 0.6) is 5.75 Å². The monoisotopic (exact) mass is 338 g/mol. The molecular formula is C21H26N2O2. The lowest BCUT2D eigenvalue weighted by atomic mass is 9.85. The van der Waals surface area contributed by atoms with Crippen LogP contribution in [0.15, 0.2) is 42.6 Å². The number of fused-ring (bicyclic) bond motifs is 1. The third-order valence-electron chi connectivity index (χ3n) is 5.95. The van der Waals surface area contributed by atoms with Crippen molar-refractivity contribution in [1.82, 2.24) is 9.88 Å². The van der Waals surface area contributed by atoms with Crippen LogP contribution in [0, 0.1) is 18.8 Å². The van der Waals surface area contributed by atoms with Crippen molar-refractivity contribution in [3.8, 4) is 5.75 Å². The van der Waals surface area contributed by atoms with Crippen LogP contribution in [0.4, 0.5) is 0 Å². The van der Waals surface area contributed by atoms with E-state index in [0.29, 0.717) is 5.92 Å². The molecule has 4 nitrogen and oxygen atoms in total. The molecule has 4 heteroatoms. The summed E-state index contributed by atoms with van der Waals surface area (Å²) in [6.07, 6.45) is 3.77. The number of pyridine rings is 1. The van der Waals surface area contributed by atoms with Gasteiger partial charge in [-0.25, -0.2) is 0 Å². The molecule has 4 rings (SSSR count). The van der Waals surface area contributed by atoms with Gasteiger partial charge in [-0.05, 0) is 55.0 Å². The normalized spacial score (nSPS) is 28.9. The van der Waals surface area contributed by atoms with Gasteiger partial charge in [0.25, 0.3) is 0 Å². The molecule has 0 radical (unpaired) electrons. The van der Waals surface area contributed by atoms with Gasteiger partial charge in [-0.15, -0.1) is 0 Å². The number of methoxy groups -OCH3 is 1. The fourth-order valence-corrected chi connectivity index (χ4v) is 4.55. The Morgan fingerprint density at radius 3 is 2.68 bits per heavy atom. The van der Waals surface area contributed by atoms with Crippen LogP contribution in [-0.2, 0) is 12.1 Å². The molecule has 3 atom stereocenters. The number of ether oxygens (including phenoxy) is 1. The molecule has 1 aromatic heterocycles. The molecule has 1 aliphatic carbocycles. The summed E-state index contributed by atoms with van der Waals surface area (Å²) in [6, 6.07) is 12.3. The fraction of sp³-hybridized carbons (Fsp3) is 0.476. The number of likely N-dealkylation sites (tertiary alicyclic amines) is 1. The van der Waals surface area contributed by atoms with Crippen molar-refractivity contribution in [2.75, 3.05) is 20.2 Å². The summed E-state index contributed by atoms with van der Waals surface area (Å²) in [6.45, 7) is 4.95. The number of aromatic nitrogens is 1. The Kier molecular flexibility index (Phi) is 4.26. The highest BCUT2D eigenvalue weighted by Crippen LogP contribution is 2.50. The SMILES string of the molecule is COc1ccc(CN2C[C@@H]3CC[C@@](O)(c4ccc(C)cn4)[C@@H]3C2)cc1. The highest BCUT2D eigenvalue weighted by atomic mass is 16.5. The van der Waals surface area contributed by atoms with Crippen molar-refractivity contribution in [3.05, 3.63) is 59.4 Å². The molecule has 1 N–H and O–H groups in total. The van der Waals surface area contributed by atoms with Crippen molar-refractivity contribution in [3.63, 3.8) is 0 Å². The van der Waals surface area contributed by atoms with E-state index in [-0.39, 0.29) is 5.92 Å². The summed E-state index contributed by atoms with van der Waals surface area (Å²) in [4.78, 5) is 7.01. The maximum absolute atomic E-state index is 11.4. The predicted octanol–water partition coefficient (Wildman–Crippen LogP) is 3.13. The molecule has 1 saturated carbocycles. The van der Waals surface area contributed by atoms with Crippen LogP contribution in [0.25, 0.3) is 0 Å². The second kappa shape index (κ2) is 6.43. The number of hydrogen-bond donors (Lipinski definition) is 1. The van der Waals surface area contributed by atoms with Crippen LogP contribution in [0.1, 0.15) is 29.7 Å². The number of rotatable bonds is 4.